The molecule has 0 saturated heterocycles. The molecule has 0 amide bonds. The van der Waals surface area contributed by atoms with Gasteiger partial charge in [0, 0.05) is 12.3 Å². The van der Waals surface area contributed by atoms with Crippen molar-refractivity contribution in [3.8, 4) is 12.3 Å². The average Bonchev–Trinajstić information content (AvgIpc) is 1.83. The SMILES string of the molecule is C#CC(C)CCC(=O)S. The van der Waals surface area contributed by atoms with E-state index in [2.05, 4.69) is 18.5 Å². The molecule has 1 nitrogen and oxygen atoms in total. The minimum atomic E-state index is -0.0860. The van der Waals surface area contributed by atoms with Gasteiger partial charge in [0.05, 0.1) is 0 Å². The van der Waals surface area contributed by atoms with Gasteiger partial charge >= 0.3 is 0 Å². The van der Waals surface area contributed by atoms with Crippen LogP contribution in [0, 0.1) is 18.3 Å². The zero-order valence-corrected chi connectivity index (χ0v) is 6.32. The van der Waals surface area contributed by atoms with Crippen molar-refractivity contribution in [3.05, 3.63) is 0 Å². The van der Waals surface area contributed by atoms with Crippen LogP contribution in [0.15, 0.2) is 0 Å². The highest BCUT2D eigenvalue weighted by Gasteiger charge is 1.98. The molecule has 0 fully saturated rings. The molecule has 0 radical (unpaired) electrons. The van der Waals surface area contributed by atoms with Crippen LogP contribution in [0.3, 0.4) is 0 Å². The van der Waals surface area contributed by atoms with Gasteiger partial charge in [0.15, 0.2) is 5.12 Å². The van der Waals surface area contributed by atoms with Crippen molar-refractivity contribution in [1.82, 2.24) is 0 Å². The Bertz CT molecular complexity index is 134. The second-order valence-corrected chi connectivity index (χ2v) is 2.50. The first-order valence-corrected chi connectivity index (χ1v) is 3.29. The van der Waals surface area contributed by atoms with Crippen LogP contribution in [0.2, 0.25) is 0 Å². The minimum absolute atomic E-state index is 0.0860. The standard InChI is InChI=1S/C7H10OS/c1-3-6(2)4-5-7(8)9/h1,6H,4-5H2,2H3,(H,8,9). The van der Waals surface area contributed by atoms with E-state index in [-0.39, 0.29) is 11.0 Å². The first-order chi connectivity index (χ1) is 4.16. The van der Waals surface area contributed by atoms with Crippen molar-refractivity contribution in [2.24, 2.45) is 5.92 Å². The van der Waals surface area contributed by atoms with E-state index in [4.69, 9.17) is 6.42 Å². The molecular weight excluding hydrogens is 132 g/mol. The van der Waals surface area contributed by atoms with E-state index in [1.807, 2.05) is 6.92 Å². The minimum Gasteiger partial charge on any atom is -0.288 e. The lowest BCUT2D eigenvalue weighted by atomic mass is 10.1. The molecule has 0 spiro atoms. The zero-order chi connectivity index (χ0) is 7.28. The van der Waals surface area contributed by atoms with Gasteiger partial charge in [0.2, 0.25) is 0 Å². The maximum absolute atomic E-state index is 10.3. The number of carbonyl (C=O) groups excluding carboxylic acids is 1. The summed E-state index contributed by atoms with van der Waals surface area (Å²) in [5.74, 6) is 2.73. The Hall–Kier alpha value is -0.420. The Morgan fingerprint density at radius 3 is 2.78 bits per heavy atom. The van der Waals surface area contributed by atoms with Crippen LogP contribution in [0.5, 0.6) is 0 Å². The highest BCUT2D eigenvalue weighted by molar-refractivity contribution is 7.96. The van der Waals surface area contributed by atoms with E-state index in [1.165, 1.54) is 0 Å². The maximum Gasteiger partial charge on any atom is 0.185 e. The fraction of sp³-hybridized carbons (Fsp3) is 0.571. The van der Waals surface area contributed by atoms with Crippen LogP contribution < -0.4 is 0 Å². The zero-order valence-electron chi connectivity index (χ0n) is 5.42. The topological polar surface area (TPSA) is 17.1 Å². The van der Waals surface area contributed by atoms with Gasteiger partial charge in [-0.3, -0.25) is 4.79 Å². The third-order valence-corrected chi connectivity index (χ3v) is 1.30. The second kappa shape index (κ2) is 4.46. The van der Waals surface area contributed by atoms with Gasteiger partial charge in [0.25, 0.3) is 0 Å². The average molecular weight is 142 g/mol. The maximum atomic E-state index is 10.3. The predicted octanol–water partition coefficient (Wildman–Crippen LogP) is 1.49. The predicted molar refractivity (Wildman–Crippen MR) is 41.2 cm³/mol. The third-order valence-electron chi connectivity index (χ3n) is 1.08. The third kappa shape index (κ3) is 5.45. The number of hydrogen-bond donors (Lipinski definition) is 1. The van der Waals surface area contributed by atoms with Crippen LogP contribution in [-0.2, 0) is 4.79 Å². The van der Waals surface area contributed by atoms with E-state index in [9.17, 15) is 4.79 Å². The van der Waals surface area contributed by atoms with Crippen LogP contribution in [0.25, 0.3) is 0 Å². The van der Waals surface area contributed by atoms with E-state index in [0.717, 1.165) is 6.42 Å². The summed E-state index contributed by atoms with van der Waals surface area (Å²) >= 11 is 3.60. The Morgan fingerprint density at radius 1 is 1.89 bits per heavy atom. The smallest absolute Gasteiger partial charge is 0.185 e. The van der Waals surface area contributed by atoms with E-state index in [1.54, 1.807) is 0 Å². The monoisotopic (exact) mass is 142 g/mol. The van der Waals surface area contributed by atoms with Crippen LogP contribution in [-0.4, -0.2) is 5.12 Å². The van der Waals surface area contributed by atoms with Gasteiger partial charge in [0.1, 0.15) is 0 Å². The first kappa shape index (κ1) is 8.58. The fourth-order valence-corrected chi connectivity index (χ4v) is 0.552. The van der Waals surface area contributed by atoms with Gasteiger partial charge in [-0.05, 0) is 6.42 Å². The first-order valence-electron chi connectivity index (χ1n) is 2.84. The Morgan fingerprint density at radius 2 is 2.44 bits per heavy atom. The molecule has 0 N–H and O–H groups in total. The summed E-state index contributed by atoms with van der Waals surface area (Å²) < 4.78 is 0. The molecule has 0 aliphatic carbocycles. The van der Waals surface area contributed by atoms with Crippen LogP contribution in [0.1, 0.15) is 19.8 Å². The lowest BCUT2D eigenvalue weighted by molar-refractivity contribution is -0.110. The number of carbonyl (C=O) groups is 1. The van der Waals surface area contributed by atoms with Gasteiger partial charge in [-0.1, -0.05) is 6.92 Å². The molecule has 9 heavy (non-hydrogen) atoms. The molecule has 1 unspecified atom stereocenters. The summed E-state index contributed by atoms with van der Waals surface area (Å²) in [4.78, 5) is 10.3. The van der Waals surface area contributed by atoms with Gasteiger partial charge in [-0.15, -0.1) is 25.0 Å². The number of hydrogen-bond acceptors (Lipinski definition) is 1. The van der Waals surface area contributed by atoms with Crippen molar-refractivity contribution in [1.29, 1.82) is 0 Å². The molecule has 0 bridgehead atoms. The highest BCUT2D eigenvalue weighted by Crippen LogP contribution is 2.04. The fourth-order valence-electron chi connectivity index (χ4n) is 0.423. The summed E-state index contributed by atoms with van der Waals surface area (Å²) in [7, 11) is 0. The molecule has 0 aliphatic heterocycles. The van der Waals surface area contributed by atoms with E-state index >= 15 is 0 Å². The van der Waals surface area contributed by atoms with Crippen molar-refractivity contribution in [3.63, 3.8) is 0 Å². The molecule has 0 rings (SSSR count). The molecule has 0 aromatic rings. The van der Waals surface area contributed by atoms with Crippen LogP contribution in [0.4, 0.5) is 0 Å². The van der Waals surface area contributed by atoms with Gasteiger partial charge in [-0.2, -0.15) is 0 Å². The quantitative estimate of drug-likeness (QED) is 0.466. The number of rotatable bonds is 3. The van der Waals surface area contributed by atoms with Crippen LogP contribution >= 0.6 is 12.6 Å². The Kier molecular flexibility index (Phi) is 4.25. The summed E-state index contributed by atoms with van der Waals surface area (Å²) in [5, 5.41) is -0.0860. The molecule has 0 saturated carbocycles. The normalized spacial score (nSPS) is 12.1. The lowest BCUT2D eigenvalue weighted by Gasteiger charge is -1.97. The molecule has 0 aliphatic rings. The van der Waals surface area contributed by atoms with Crippen molar-refractivity contribution in [2.45, 2.75) is 19.8 Å². The summed E-state index contributed by atoms with van der Waals surface area (Å²) in [5.41, 5.74) is 0. The molecule has 2 heteroatoms. The molecule has 0 heterocycles. The highest BCUT2D eigenvalue weighted by atomic mass is 32.1. The largest absolute Gasteiger partial charge is 0.288 e. The number of thiol groups is 1. The molecule has 1 atom stereocenters. The van der Waals surface area contributed by atoms with Crippen molar-refractivity contribution in [2.75, 3.05) is 0 Å². The van der Waals surface area contributed by atoms with Crippen molar-refractivity contribution >= 4 is 17.7 Å². The van der Waals surface area contributed by atoms with Gasteiger partial charge in [-0.25, -0.2) is 0 Å². The van der Waals surface area contributed by atoms with E-state index in [0.29, 0.717) is 6.42 Å². The van der Waals surface area contributed by atoms with Gasteiger partial charge < -0.3 is 0 Å². The Balaban J connectivity index is 3.30. The Labute approximate surface area is 61.2 Å². The summed E-state index contributed by atoms with van der Waals surface area (Å²) in [6, 6.07) is 0. The summed E-state index contributed by atoms with van der Waals surface area (Å²) in [6.45, 7) is 1.91. The number of terminal acetylenes is 1. The van der Waals surface area contributed by atoms with E-state index < -0.39 is 0 Å². The van der Waals surface area contributed by atoms with Crippen molar-refractivity contribution < 1.29 is 4.79 Å². The summed E-state index contributed by atoms with van der Waals surface area (Å²) in [6.07, 6.45) is 6.30. The molecular formula is C7H10OS. The molecule has 50 valence electrons. The molecule has 0 aromatic heterocycles. The second-order valence-electron chi connectivity index (χ2n) is 2.00. The lowest BCUT2D eigenvalue weighted by Crippen LogP contribution is -1.93. The molecule has 0 aromatic carbocycles.